The lowest BCUT2D eigenvalue weighted by molar-refractivity contribution is 0.137. The van der Waals surface area contributed by atoms with E-state index in [1.807, 2.05) is 12.1 Å². The highest BCUT2D eigenvalue weighted by atomic mass is 35.5. The number of hydrogen-bond donors (Lipinski definition) is 1. The van der Waals surface area contributed by atoms with E-state index in [9.17, 15) is 0 Å². The van der Waals surface area contributed by atoms with Crippen molar-refractivity contribution >= 4 is 23.2 Å². The van der Waals surface area contributed by atoms with Crippen molar-refractivity contribution in [1.82, 2.24) is 5.32 Å². The lowest BCUT2D eigenvalue weighted by Gasteiger charge is -2.29. The van der Waals surface area contributed by atoms with Crippen molar-refractivity contribution in [3.8, 4) is 5.75 Å². The summed E-state index contributed by atoms with van der Waals surface area (Å²) in [6.07, 6.45) is 4.95. The summed E-state index contributed by atoms with van der Waals surface area (Å²) < 4.78 is 5.99. The molecule has 2 bridgehead atoms. The largest absolute Gasteiger partial charge is 0.489 e. The van der Waals surface area contributed by atoms with Gasteiger partial charge in [0.1, 0.15) is 16.9 Å². The molecule has 2 fully saturated rings. The van der Waals surface area contributed by atoms with Crippen LogP contribution in [0.15, 0.2) is 18.2 Å². The van der Waals surface area contributed by atoms with Crippen LogP contribution in [-0.2, 0) is 0 Å². The number of hydrogen-bond acceptors (Lipinski definition) is 2. The first-order valence-corrected chi connectivity index (χ1v) is 6.84. The zero-order valence-corrected chi connectivity index (χ0v) is 11.0. The molecule has 2 saturated heterocycles. The van der Waals surface area contributed by atoms with Crippen molar-refractivity contribution in [3.63, 3.8) is 0 Å². The van der Waals surface area contributed by atoms with Crippen molar-refractivity contribution in [1.29, 1.82) is 0 Å². The van der Waals surface area contributed by atoms with Crippen LogP contribution >= 0.6 is 23.2 Å². The van der Waals surface area contributed by atoms with Crippen molar-refractivity contribution < 1.29 is 4.74 Å². The molecule has 0 spiro atoms. The molecular formula is C13H15Cl2NO. The quantitative estimate of drug-likeness (QED) is 0.887. The Morgan fingerprint density at radius 2 is 1.82 bits per heavy atom. The number of ether oxygens (including phenoxy) is 1. The molecule has 92 valence electrons. The fraction of sp³-hybridized carbons (Fsp3) is 0.538. The van der Waals surface area contributed by atoms with Crippen LogP contribution < -0.4 is 10.1 Å². The molecule has 0 aromatic heterocycles. The summed E-state index contributed by atoms with van der Waals surface area (Å²) in [5.74, 6) is 0.713. The van der Waals surface area contributed by atoms with Crippen LogP contribution in [-0.4, -0.2) is 18.2 Å². The van der Waals surface area contributed by atoms with Gasteiger partial charge in [-0.25, -0.2) is 0 Å². The molecule has 4 heteroatoms. The van der Waals surface area contributed by atoms with Crippen molar-refractivity contribution in [2.24, 2.45) is 0 Å². The average molecular weight is 272 g/mol. The summed E-state index contributed by atoms with van der Waals surface area (Å²) in [4.78, 5) is 0. The molecule has 0 aliphatic carbocycles. The molecule has 3 rings (SSSR count). The fourth-order valence-electron chi connectivity index (χ4n) is 2.86. The van der Waals surface area contributed by atoms with Crippen molar-refractivity contribution in [2.75, 3.05) is 0 Å². The average Bonchev–Trinajstić information content (AvgIpc) is 2.65. The van der Waals surface area contributed by atoms with Crippen LogP contribution in [0, 0.1) is 0 Å². The summed E-state index contributed by atoms with van der Waals surface area (Å²) >= 11 is 12.1. The molecule has 0 saturated carbocycles. The smallest absolute Gasteiger partial charge is 0.139 e. The van der Waals surface area contributed by atoms with E-state index in [1.165, 1.54) is 12.8 Å². The van der Waals surface area contributed by atoms with E-state index in [1.54, 1.807) is 6.07 Å². The summed E-state index contributed by atoms with van der Waals surface area (Å²) in [6.45, 7) is 0. The van der Waals surface area contributed by atoms with E-state index in [4.69, 9.17) is 27.9 Å². The molecule has 2 nitrogen and oxygen atoms in total. The summed E-state index contributed by atoms with van der Waals surface area (Å²) in [6, 6.07) is 6.79. The van der Waals surface area contributed by atoms with Gasteiger partial charge in [-0.3, -0.25) is 0 Å². The minimum atomic E-state index is 0.268. The monoisotopic (exact) mass is 271 g/mol. The molecule has 2 unspecified atom stereocenters. The first-order chi connectivity index (χ1) is 8.22. The van der Waals surface area contributed by atoms with E-state index in [0.717, 1.165) is 12.8 Å². The third kappa shape index (κ3) is 2.40. The molecule has 17 heavy (non-hydrogen) atoms. The molecule has 2 aliphatic heterocycles. The number of fused-ring (bicyclic) bond motifs is 2. The lowest BCUT2D eigenvalue weighted by Crippen LogP contribution is -2.42. The van der Waals surface area contributed by atoms with Gasteiger partial charge in [0.2, 0.25) is 0 Å². The van der Waals surface area contributed by atoms with Gasteiger partial charge in [0.05, 0.1) is 5.02 Å². The molecule has 2 atom stereocenters. The van der Waals surface area contributed by atoms with Crippen LogP contribution in [0.3, 0.4) is 0 Å². The van der Waals surface area contributed by atoms with Gasteiger partial charge in [0.25, 0.3) is 0 Å². The third-order valence-corrected chi connectivity index (χ3v) is 4.44. The lowest BCUT2D eigenvalue weighted by atomic mass is 10.0. The number of nitrogens with one attached hydrogen (secondary N) is 1. The van der Waals surface area contributed by atoms with E-state index in [0.29, 0.717) is 27.9 Å². The number of rotatable bonds is 2. The van der Waals surface area contributed by atoms with Gasteiger partial charge in [-0.2, -0.15) is 0 Å². The second kappa shape index (κ2) is 4.68. The van der Waals surface area contributed by atoms with E-state index >= 15 is 0 Å². The predicted molar refractivity (Wildman–Crippen MR) is 70.1 cm³/mol. The van der Waals surface area contributed by atoms with E-state index < -0.39 is 0 Å². The maximum absolute atomic E-state index is 6.13. The van der Waals surface area contributed by atoms with Crippen molar-refractivity contribution in [3.05, 3.63) is 28.2 Å². The second-order valence-corrected chi connectivity index (χ2v) is 5.69. The Morgan fingerprint density at radius 1 is 1.12 bits per heavy atom. The van der Waals surface area contributed by atoms with Gasteiger partial charge in [0, 0.05) is 12.1 Å². The first kappa shape index (κ1) is 11.6. The maximum atomic E-state index is 6.13. The molecule has 0 amide bonds. The SMILES string of the molecule is Clc1cccc(OC2CC3CCC(C2)N3)c1Cl. The summed E-state index contributed by atoms with van der Waals surface area (Å²) in [7, 11) is 0. The standard InChI is InChI=1S/C13H15Cl2NO/c14-11-2-1-3-12(13(11)15)17-10-6-8-4-5-9(7-10)16-8/h1-3,8-10,16H,4-7H2. The highest BCUT2D eigenvalue weighted by molar-refractivity contribution is 6.42. The number of benzene rings is 1. The van der Waals surface area contributed by atoms with Gasteiger partial charge >= 0.3 is 0 Å². The van der Waals surface area contributed by atoms with E-state index in [-0.39, 0.29) is 6.10 Å². The normalized spacial score (nSPS) is 31.5. The Morgan fingerprint density at radius 3 is 2.53 bits per heavy atom. The third-order valence-electron chi connectivity index (χ3n) is 3.64. The minimum Gasteiger partial charge on any atom is -0.489 e. The molecule has 1 aromatic rings. The first-order valence-electron chi connectivity index (χ1n) is 6.09. The zero-order valence-electron chi connectivity index (χ0n) is 9.46. The van der Waals surface area contributed by atoms with Crippen LogP contribution in [0.25, 0.3) is 0 Å². The van der Waals surface area contributed by atoms with Crippen LogP contribution in [0.2, 0.25) is 10.0 Å². The minimum absolute atomic E-state index is 0.268. The molecule has 2 aliphatic rings. The molecule has 1 aromatic carbocycles. The van der Waals surface area contributed by atoms with Gasteiger partial charge in [-0.1, -0.05) is 29.3 Å². The topological polar surface area (TPSA) is 21.3 Å². The number of halogens is 2. The van der Waals surface area contributed by atoms with Gasteiger partial charge in [-0.05, 0) is 37.8 Å². The summed E-state index contributed by atoms with van der Waals surface area (Å²) in [5, 5.41) is 4.68. The molecule has 1 N–H and O–H groups in total. The number of piperidine rings is 1. The van der Waals surface area contributed by atoms with Gasteiger partial charge in [-0.15, -0.1) is 0 Å². The Bertz CT molecular complexity index is 412. The maximum Gasteiger partial charge on any atom is 0.139 e. The van der Waals surface area contributed by atoms with Crippen LogP contribution in [0.1, 0.15) is 25.7 Å². The molecule has 0 radical (unpaired) electrons. The van der Waals surface area contributed by atoms with Gasteiger partial charge < -0.3 is 10.1 Å². The molecular weight excluding hydrogens is 257 g/mol. The fourth-order valence-corrected chi connectivity index (χ4v) is 3.19. The highest BCUT2D eigenvalue weighted by Crippen LogP contribution is 2.35. The Labute approximate surface area is 111 Å². The Balaban J connectivity index is 1.72. The van der Waals surface area contributed by atoms with Crippen LogP contribution in [0.4, 0.5) is 0 Å². The van der Waals surface area contributed by atoms with Crippen molar-refractivity contribution in [2.45, 2.75) is 43.9 Å². The Hall–Kier alpha value is -0.440. The molecule has 2 heterocycles. The van der Waals surface area contributed by atoms with Crippen LogP contribution in [0.5, 0.6) is 5.75 Å². The zero-order chi connectivity index (χ0) is 11.8. The van der Waals surface area contributed by atoms with Gasteiger partial charge in [0.15, 0.2) is 0 Å². The summed E-state index contributed by atoms with van der Waals surface area (Å²) in [5.41, 5.74) is 0. The second-order valence-electron chi connectivity index (χ2n) is 4.90. The van der Waals surface area contributed by atoms with E-state index in [2.05, 4.69) is 5.32 Å². The highest BCUT2D eigenvalue weighted by Gasteiger charge is 2.34. The Kier molecular flexibility index (Phi) is 3.20. The predicted octanol–water partition coefficient (Wildman–Crippen LogP) is 3.66.